The molecule has 3 N–H and O–H groups in total. The maximum Gasteiger partial charge on any atom is 0.124 e. The van der Waals surface area contributed by atoms with Crippen molar-refractivity contribution in [1.82, 2.24) is 15.0 Å². The molecular weight excluding hydrogens is 224 g/mol. The van der Waals surface area contributed by atoms with Gasteiger partial charge < -0.3 is 4.74 Å². The maximum atomic E-state index is 5.55. The van der Waals surface area contributed by atoms with Gasteiger partial charge in [0.25, 0.3) is 0 Å². The molecule has 1 atom stereocenters. The molecule has 2 rings (SSSR count). The van der Waals surface area contributed by atoms with Gasteiger partial charge in [-0.2, -0.15) is 0 Å². The van der Waals surface area contributed by atoms with Gasteiger partial charge in [0.15, 0.2) is 0 Å². The van der Waals surface area contributed by atoms with E-state index >= 15 is 0 Å². The van der Waals surface area contributed by atoms with E-state index in [9.17, 15) is 0 Å². The summed E-state index contributed by atoms with van der Waals surface area (Å²) in [4.78, 5) is 0. The largest absolute Gasteiger partial charge is 0.496 e. The molecule has 0 amide bonds. The van der Waals surface area contributed by atoms with Gasteiger partial charge >= 0.3 is 0 Å². The summed E-state index contributed by atoms with van der Waals surface area (Å²) in [5, 5.41) is 5.87. The van der Waals surface area contributed by atoms with Crippen molar-refractivity contribution >= 4 is 11.5 Å². The molecule has 1 aromatic heterocycles. The second-order valence-electron chi connectivity index (χ2n) is 3.17. The van der Waals surface area contributed by atoms with E-state index in [0.717, 1.165) is 17.0 Å². The van der Waals surface area contributed by atoms with Crippen LogP contribution in [0.25, 0.3) is 0 Å². The lowest BCUT2D eigenvalue weighted by molar-refractivity contribution is 0.403. The third kappa shape index (κ3) is 2.04. The van der Waals surface area contributed by atoms with Crippen molar-refractivity contribution in [2.45, 2.75) is 6.04 Å². The van der Waals surface area contributed by atoms with Crippen LogP contribution < -0.4 is 16.0 Å². The fraction of sp³-hybridized carbons (Fsp3) is 0.200. The molecule has 0 fully saturated rings. The first kappa shape index (κ1) is 11.0. The second-order valence-corrected chi connectivity index (χ2v) is 3.78. The van der Waals surface area contributed by atoms with Crippen LogP contribution in [0.2, 0.25) is 0 Å². The summed E-state index contributed by atoms with van der Waals surface area (Å²) in [6.07, 6.45) is 0. The Morgan fingerprint density at radius 3 is 2.88 bits per heavy atom. The SMILES string of the molecule is COc1ccccc1C(NN)c1csnn1. The van der Waals surface area contributed by atoms with Crippen molar-refractivity contribution in [1.29, 1.82) is 0 Å². The molecule has 1 aromatic carbocycles. The number of nitrogens with two attached hydrogens (primary N) is 1. The third-order valence-electron chi connectivity index (χ3n) is 2.29. The average Bonchev–Trinajstić information content (AvgIpc) is 2.84. The van der Waals surface area contributed by atoms with E-state index in [-0.39, 0.29) is 6.04 Å². The Labute approximate surface area is 97.4 Å². The van der Waals surface area contributed by atoms with Crippen molar-refractivity contribution < 1.29 is 4.74 Å². The Morgan fingerprint density at radius 2 is 2.25 bits per heavy atom. The molecule has 0 aliphatic carbocycles. The molecule has 5 nitrogen and oxygen atoms in total. The molecule has 0 aliphatic rings. The first-order valence-electron chi connectivity index (χ1n) is 4.72. The zero-order chi connectivity index (χ0) is 11.4. The van der Waals surface area contributed by atoms with Gasteiger partial charge in [0, 0.05) is 10.9 Å². The van der Waals surface area contributed by atoms with Crippen LogP contribution in [0.15, 0.2) is 29.6 Å². The Morgan fingerprint density at radius 1 is 1.44 bits per heavy atom. The van der Waals surface area contributed by atoms with E-state index in [1.807, 2.05) is 29.6 Å². The summed E-state index contributed by atoms with van der Waals surface area (Å²) in [6, 6.07) is 7.48. The maximum absolute atomic E-state index is 5.55. The fourth-order valence-electron chi connectivity index (χ4n) is 1.54. The number of benzene rings is 1. The lowest BCUT2D eigenvalue weighted by atomic mass is 10.0. The molecule has 2 aromatic rings. The van der Waals surface area contributed by atoms with E-state index in [2.05, 4.69) is 15.0 Å². The highest BCUT2D eigenvalue weighted by Gasteiger charge is 2.18. The molecule has 0 saturated heterocycles. The minimum Gasteiger partial charge on any atom is -0.496 e. The van der Waals surface area contributed by atoms with E-state index in [1.165, 1.54) is 11.5 Å². The smallest absolute Gasteiger partial charge is 0.124 e. The van der Waals surface area contributed by atoms with Crippen LogP contribution in [0, 0.1) is 0 Å². The Hall–Kier alpha value is -1.50. The van der Waals surface area contributed by atoms with Crippen LogP contribution in [0.3, 0.4) is 0 Å². The number of methoxy groups -OCH3 is 1. The molecular formula is C10H12N4OS. The molecule has 1 unspecified atom stereocenters. The number of rotatable bonds is 4. The molecule has 0 aliphatic heterocycles. The number of para-hydroxylation sites is 1. The number of aromatic nitrogens is 2. The van der Waals surface area contributed by atoms with Crippen LogP contribution in [-0.4, -0.2) is 16.7 Å². The highest BCUT2D eigenvalue weighted by molar-refractivity contribution is 7.03. The minimum atomic E-state index is -0.199. The van der Waals surface area contributed by atoms with E-state index in [1.54, 1.807) is 7.11 Å². The number of hydrazine groups is 1. The van der Waals surface area contributed by atoms with Crippen molar-refractivity contribution in [2.24, 2.45) is 5.84 Å². The zero-order valence-electron chi connectivity index (χ0n) is 8.75. The van der Waals surface area contributed by atoms with E-state index < -0.39 is 0 Å². The van der Waals surface area contributed by atoms with Crippen molar-refractivity contribution in [3.05, 3.63) is 40.9 Å². The van der Waals surface area contributed by atoms with Crippen molar-refractivity contribution in [2.75, 3.05) is 7.11 Å². The predicted molar refractivity (Wildman–Crippen MR) is 62.1 cm³/mol. The molecule has 0 spiro atoms. The average molecular weight is 236 g/mol. The lowest BCUT2D eigenvalue weighted by Gasteiger charge is -2.16. The van der Waals surface area contributed by atoms with Gasteiger partial charge in [0.2, 0.25) is 0 Å². The molecule has 0 saturated carbocycles. The van der Waals surface area contributed by atoms with Gasteiger partial charge in [-0.1, -0.05) is 22.7 Å². The highest BCUT2D eigenvalue weighted by Crippen LogP contribution is 2.28. The van der Waals surface area contributed by atoms with Gasteiger partial charge in [0.1, 0.15) is 5.75 Å². The topological polar surface area (TPSA) is 73.1 Å². The minimum absolute atomic E-state index is 0.199. The van der Waals surface area contributed by atoms with Crippen LogP contribution in [0.5, 0.6) is 5.75 Å². The van der Waals surface area contributed by atoms with Gasteiger partial charge in [0.05, 0.1) is 18.8 Å². The summed E-state index contributed by atoms with van der Waals surface area (Å²) in [6.45, 7) is 0. The Bertz CT molecular complexity index is 446. The zero-order valence-corrected chi connectivity index (χ0v) is 9.57. The van der Waals surface area contributed by atoms with Gasteiger partial charge in [-0.3, -0.25) is 5.84 Å². The second kappa shape index (κ2) is 5.02. The molecule has 0 bridgehead atoms. The molecule has 0 radical (unpaired) electrons. The lowest BCUT2D eigenvalue weighted by Crippen LogP contribution is -2.29. The summed E-state index contributed by atoms with van der Waals surface area (Å²) in [7, 11) is 1.63. The first-order chi connectivity index (χ1) is 7.86. The van der Waals surface area contributed by atoms with E-state index in [4.69, 9.17) is 10.6 Å². The van der Waals surface area contributed by atoms with Gasteiger partial charge in [-0.05, 0) is 17.6 Å². The molecule has 6 heteroatoms. The van der Waals surface area contributed by atoms with Crippen molar-refractivity contribution in [3.8, 4) is 5.75 Å². The first-order valence-corrected chi connectivity index (χ1v) is 5.56. The molecule has 84 valence electrons. The van der Waals surface area contributed by atoms with Gasteiger partial charge in [-0.25, -0.2) is 5.43 Å². The summed E-state index contributed by atoms with van der Waals surface area (Å²) in [5.41, 5.74) is 4.45. The van der Waals surface area contributed by atoms with Crippen molar-refractivity contribution in [3.63, 3.8) is 0 Å². The molecule has 1 heterocycles. The third-order valence-corrected chi connectivity index (χ3v) is 2.81. The molecule has 16 heavy (non-hydrogen) atoms. The number of hydrogen-bond acceptors (Lipinski definition) is 6. The number of ether oxygens (including phenoxy) is 1. The Balaban J connectivity index is 2.41. The number of hydrogen-bond donors (Lipinski definition) is 2. The standard InChI is InChI=1S/C10H12N4OS/c1-15-9-5-3-2-4-7(9)10(12-11)8-6-16-14-13-8/h2-6,10,12H,11H2,1H3. The Kier molecular flexibility index (Phi) is 3.45. The van der Waals surface area contributed by atoms with Gasteiger partial charge in [-0.15, -0.1) is 5.10 Å². The predicted octanol–water partition coefficient (Wildman–Crippen LogP) is 1.10. The van der Waals surface area contributed by atoms with Crippen LogP contribution >= 0.6 is 11.5 Å². The van der Waals surface area contributed by atoms with Crippen LogP contribution in [-0.2, 0) is 0 Å². The summed E-state index contributed by atoms with van der Waals surface area (Å²) < 4.78 is 9.11. The fourth-order valence-corrected chi connectivity index (χ4v) is 2.02. The number of nitrogens with zero attached hydrogens (tertiary/aromatic N) is 2. The summed E-state index contributed by atoms with van der Waals surface area (Å²) >= 11 is 1.29. The van der Waals surface area contributed by atoms with Crippen LogP contribution in [0.4, 0.5) is 0 Å². The normalized spacial score (nSPS) is 12.4. The monoisotopic (exact) mass is 236 g/mol. The highest BCUT2D eigenvalue weighted by atomic mass is 32.1. The quantitative estimate of drug-likeness (QED) is 0.614. The number of nitrogens with one attached hydrogen (secondary N) is 1. The van der Waals surface area contributed by atoms with Crippen LogP contribution in [0.1, 0.15) is 17.3 Å². The summed E-state index contributed by atoms with van der Waals surface area (Å²) in [5.74, 6) is 6.33. The van der Waals surface area contributed by atoms with E-state index in [0.29, 0.717) is 0 Å².